The number of rotatable bonds is 6. The fraction of sp³-hybridized carbons (Fsp3) is 0.263. The number of hydrogen-bond donors (Lipinski definition) is 0. The van der Waals surface area contributed by atoms with E-state index in [-0.39, 0.29) is 0 Å². The van der Waals surface area contributed by atoms with Crippen molar-refractivity contribution < 1.29 is 9.16 Å². The quantitative estimate of drug-likeness (QED) is 0.519. The second-order valence-electron chi connectivity index (χ2n) is 6.17. The van der Waals surface area contributed by atoms with E-state index in [0.717, 1.165) is 17.1 Å². The van der Waals surface area contributed by atoms with Gasteiger partial charge in [0, 0.05) is 5.56 Å². The highest BCUT2D eigenvalue weighted by Gasteiger charge is 2.18. The van der Waals surface area contributed by atoms with Gasteiger partial charge in [-0.3, -0.25) is 0 Å². The smallest absolute Gasteiger partial charge is 0.242 e. The van der Waals surface area contributed by atoms with Crippen LogP contribution in [-0.2, 0) is 11.0 Å². The molecule has 0 fully saturated rings. The second kappa shape index (κ2) is 7.32. The van der Waals surface area contributed by atoms with Crippen LogP contribution in [0.1, 0.15) is 18.1 Å². The Labute approximate surface area is 134 Å². The van der Waals surface area contributed by atoms with Crippen molar-refractivity contribution in [1.82, 2.24) is 0 Å². The third kappa shape index (κ3) is 5.08. The molecule has 0 aromatic heterocycles. The van der Waals surface area contributed by atoms with E-state index in [1.165, 1.54) is 5.56 Å². The average Bonchev–Trinajstić information content (AvgIpc) is 2.51. The van der Waals surface area contributed by atoms with Gasteiger partial charge in [-0.2, -0.15) is 0 Å². The van der Waals surface area contributed by atoms with E-state index in [2.05, 4.69) is 43.9 Å². The van der Waals surface area contributed by atoms with Crippen molar-refractivity contribution in [2.45, 2.75) is 33.2 Å². The maximum absolute atomic E-state index is 6.10. The lowest BCUT2D eigenvalue weighted by atomic mass is 10.2. The fourth-order valence-electron chi connectivity index (χ4n) is 2.07. The second-order valence-corrected chi connectivity index (χ2v) is 10.6. The number of benzene rings is 2. The molecule has 0 heterocycles. The standard InChI is InChI=1S/C19H24O2Si/c1-5-19(21-22(2,3)4)17-11-13-18(14-12-17)20-15-16-9-7-6-8-10-16/h5-14H,15H2,1-4H3/b19-5-. The molecule has 0 aliphatic carbocycles. The molecule has 0 aliphatic heterocycles. The first-order valence-electron chi connectivity index (χ1n) is 7.60. The van der Waals surface area contributed by atoms with Gasteiger partial charge in [-0.1, -0.05) is 30.3 Å². The van der Waals surface area contributed by atoms with E-state index in [1.54, 1.807) is 0 Å². The predicted molar refractivity (Wildman–Crippen MR) is 95.3 cm³/mol. The first-order valence-corrected chi connectivity index (χ1v) is 11.0. The molecular formula is C19H24O2Si. The summed E-state index contributed by atoms with van der Waals surface area (Å²) in [4.78, 5) is 0. The van der Waals surface area contributed by atoms with Crippen molar-refractivity contribution in [1.29, 1.82) is 0 Å². The van der Waals surface area contributed by atoms with Gasteiger partial charge in [0.25, 0.3) is 0 Å². The van der Waals surface area contributed by atoms with Gasteiger partial charge in [0.2, 0.25) is 8.32 Å². The molecule has 0 saturated carbocycles. The minimum absolute atomic E-state index is 0.585. The average molecular weight is 312 g/mol. The lowest BCUT2D eigenvalue weighted by Gasteiger charge is -2.22. The van der Waals surface area contributed by atoms with Crippen molar-refractivity contribution in [3.8, 4) is 5.75 Å². The third-order valence-corrected chi connectivity index (χ3v) is 3.90. The zero-order valence-corrected chi connectivity index (χ0v) is 14.8. The van der Waals surface area contributed by atoms with E-state index in [1.807, 2.05) is 43.3 Å². The van der Waals surface area contributed by atoms with Crippen molar-refractivity contribution >= 4 is 14.1 Å². The maximum atomic E-state index is 6.10. The van der Waals surface area contributed by atoms with Crippen LogP contribution in [-0.4, -0.2) is 8.32 Å². The van der Waals surface area contributed by atoms with E-state index in [9.17, 15) is 0 Å². The van der Waals surface area contributed by atoms with Crippen LogP contribution in [0.2, 0.25) is 19.6 Å². The van der Waals surface area contributed by atoms with Crippen molar-refractivity contribution in [3.05, 3.63) is 71.8 Å². The van der Waals surface area contributed by atoms with Gasteiger partial charge in [-0.25, -0.2) is 0 Å². The van der Waals surface area contributed by atoms with E-state index in [4.69, 9.17) is 9.16 Å². The Morgan fingerprint density at radius 2 is 1.59 bits per heavy atom. The van der Waals surface area contributed by atoms with Crippen molar-refractivity contribution in [2.24, 2.45) is 0 Å². The molecule has 2 aromatic carbocycles. The van der Waals surface area contributed by atoms with Crippen LogP contribution in [0.5, 0.6) is 5.75 Å². The Hall–Kier alpha value is -2.00. The van der Waals surface area contributed by atoms with Gasteiger partial charge in [-0.15, -0.1) is 0 Å². The lowest BCUT2D eigenvalue weighted by Crippen LogP contribution is -2.24. The molecule has 3 heteroatoms. The zero-order valence-electron chi connectivity index (χ0n) is 13.8. The highest BCUT2D eigenvalue weighted by molar-refractivity contribution is 6.70. The molecule has 0 atom stereocenters. The molecule has 0 spiro atoms. The number of hydrogen-bond acceptors (Lipinski definition) is 2. The van der Waals surface area contributed by atoms with Crippen LogP contribution in [0.3, 0.4) is 0 Å². The Bertz CT molecular complexity index is 610. The summed E-state index contributed by atoms with van der Waals surface area (Å²) in [6, 6.07) is 18.3. The molecule has 22 heavy (non-hydrogen) atoms. The van der Waals surface area contributed by atoms with Crippen LogP contribution in [0.15, 0.2) is 60.7 Å². The molecule has 0 unspecified atom stereocenters. The van der Waals surface area contributed by atoms with Gasteiger partial charge in [0.15, 0.2) is 0 Å². The Kier molecular flexibility index (Phi) is 5.44. The minimum atomic E-state index is -1.60. The predicted octanol–water partition coefficient (Wildman–Crippen LogP) is 5.48. The Morgan fingerprint density at radius 3 is 2.14 bits per heavy atom. The normalized spacial score (nSPS) is 12.1. The molecule has 0 amide bonds. The molecule has 0 radical (unpaired) electrons. The first-order chi connectivity index (χ1) is 10.5. The van der Waals surface area contributed by atoms with Gasteiger partial charge in [0.05, 0.1) is 0 Å². The highest BCUT2D eigenvalue weighted by atomic mass is 28.4. The number of allylic oxidation sites excluding steroid dienone is 1. The summed E-state index contributed by atoms with van der Waals surface area (Å²) in [6.45, 7) is 9.16. The summed E-state index contributed by atoms with van der Waals surface area (Å²) in [5, 5.41) is 0. The summed E-state index contributed by atoms with van der Waals surface area (Å²) >= 11 is 0. The van der Waals surface area contributed by atoms with Gasteiger partial charge in [-0.05, 0) is 62.5 Å². The molecule has 0 saturated heterocycles. The van der Waals surface area contributed by atoms with E-state index >= 15 is 0 Å². The summed E-state index contributed by atoms with van der Waals surface area (Å²) in [7, 11) is -1.60. The summed E-state index contributed by atoms with van der Waals surface area (Å²) in [5.74, 6) is 1.82. The summed E-state index contributed by atoms with van der Waals surface area (Å²) in [6.07, 6.45) is 2.03. The SMILES string of the molecule is C/C=C(\O[Si](C)(C)C)c1ccc(OCc2ccccc2)cc1. The summed E-state index contributed by atoms with van der Waals surface area (Å²) < 4.78 is 11.9. The van der Waals surface area contributed by atoms with Crippen molar-refractivity contribution in [2.75, 3.05) is 0 Å². The molecule has 2 aromatic rings. The zero-order chi connectivity index (χ0) is 16.0. The maximum Gasteiger partial charge on any atom is 0.242 e. The van der Waals surface area contributed by atoms with Crippen LogP contribution in [0.4, 0.5) is 0 Å². The molecular weight excluding hydrogens is 288 g/mol. The monoisotopic (exact) mass is 312 g/mol. The largest absolute Gasteiger partial charge is 0.544 e. The van der Waals surface area contributed by atoms with Gasteiger partial charge in [0.1, 0.15) is 18.1 Å². The van der Waals surface area contributed by atoms with Crippen LogP contribution < -0.4 is 4.74 Å². The molecule has 0 N–H and O–H groups in total. The topological polar surface area (TPSA) is 18.5 Å². The van der Waals surface area contributed by atoms with E-state index < -0.39 is 8.32 Å². The van der Waals surface area contributed by atoms with Crippen LogP contribution in [0, 0.1) is 0 Å². The van der Waals surface area contributed by atoms with E-state index in [0.29, 0.717) is 6.61 Å². The van der Waals surface area contributed by atoms with Crippen LogP contribution >= 0.6 is 0 Å². The third-order valence-electron chi connectivity index (χ3n) is 3.07. The molecule has 116 valence electrons. The molecule has 0 aliphatic rings. The van der Waals surface area contributed by atoms with Crippen molar-refractivity contribution in [3.63, 3.8) is 0 Å². The van der Waals surface area contributed by atoms with Gasteiger partial charge >= 0.3 is 0 Å². The molecule has 0 bridgehead atoms. The number of ether oxygens (including phenoxy) is 1. The summed E-state index contributed by atoms with van der Waals surface area (Å²) in [5.41, 5.74) is 2.26. The highest BCUT2D eigenvalue weighted by Crippen LogP contribution is 2.23. The first kappa shape index (κ1) is 16.4. The Morgan fingerprint density at radius 1 is 0.955 bits per heavy atom. The Balaban J connectivity index is 2.00. The molecule has 2 rings (SSSR count). The lowest BCUT2D eigenvalue weighted by molar-refractivity contribution is 0.306. The minimum Gasteiger partial charge on any atom is -0.544 e. The van der Waals surface area contributed by atoms with Gasteiger partial charge < -0.3 is 9.16 Å². The molecule has 2 nitrogen and oxygen atoms in total. The van der Waals surface area contributed by atoms with Crippen LogP contribution in [0.25, 0.3) is 5.76 Å². The fourth-order valence-corrected chi connectivity index (χ4v) is 2.97.